The van der Waals surface area contributed by atoms with Crippen molar-refractivity contribution in [2.45, 2.75) is 33.7 Å². The second-order valence-electron chi connectivity index (χ2n) is 4.94. The summed E-state index contributed by atoms with van der Waals surface area (Å²) in [5.74, 6) is 0.899. The predicted molar refractivity (Wildman–Crippen MR) is 83.6 cm³/mol. The highest BCUT2D eigenvalue weighted by Crippen LogP contribution is 2.32. The Morgan fingerprint density at radius 1 is 1.16 bits per heavy atom. The SMILES string of the molecule is COc1cc(C)ccc1NC(C)c1cc(C)sc1C. The zero-order chi connectivity index (χ0) is 14.0. The maximum atomic E-state index is 5.44. The van der Waals surface area contributed by atoms with E-state index in [-0.39, 0.29) is 6.04 Å². The Labute approximate surface area is 119 Å². The van der Waals surface area contributed by atoms with Gasteiger partial charge in [0.1, 0.15) is 5.75 Å². The smallest absolute Gasteiger partial charge is 0.142 e. The minimum absolute atomic E-state index is 0.279. The summed E-state index contributed by atoms with van der Waals surface area (Å²) in [6.45, 7) is 8.59. The molecule has 3 heteroatoms. The van der Waals surface area contributed by atoms with E-state index in [1.165, 1.54) is 20.9 Å². The van der Waals surface area contributed by atoms with Crippen molar-refractivity contribution < 1.29 is 4.74 Å². The van der Waals surface area contributed by atoms with Crippen molar-refractivity contribution in [1.82, 2.24) is 0 Å². The molecule has 0 saturated carbocycles. The first-order valence-electron chi connectivity index (χ1n) is 6.49. The normalized spacial score (nSPS) is 12.3. The van der Waals surface area contributed by atoms with Gasteiger partial charge >= 0.3 is 0 Å². The van der Waals surface area contributed by atoms with Crippen LogP contribution in [0.3, 0.4) is 0 Å². The summed E-state index contributed by atoms with van der Waals surface area (Å²) in [6, 6.07) is 8.78. The van der Waals surface area contributed by atoms with E-state index in [2.05, 4.69) is 57.3 Å². The number of nitrogens with one attached hydrogen (secondary N) is 1. The Bertz CT molecular complexity index is 574. The molecule has 2 aromatic rings. The molecule has 0 spiro atoms. The van der Waals surface area contributed by atoms with Crippen molar-refractivity contribution in [2.75, 3.05) is 12.4 Å². The van der Waals surface area contributed by atoms with Crippen LogP contribution in [0.15, 0.2) is 24.3 Å². The molecule has 1 unspecified atom stereocenters. The number of methoxy groups -OCH3 is 1. The average Bonchev–Trinajstić information content (AvgIpc) is 2.70. The first-order valence-corrected chi connectivity index (χ1v) is 7.31. The Morgan fingerprint density at radius 2 is 1.89 bits per heavy atom. The molecule has 1 atom stereocenters. The van der Waals surface area contributed by atoms with E-state index in [0.717, 1.165) is 11.4 Å². The Balaban J connectivity index is 2.23. The number of thiophene rings is 1. The zero-order valence-corrected chi connectivity index (χ0v) is 13.0. The van der Waals surface area contributed by atoms with Crippen molar-refractivity contribution in [3.8, 4) is 5.75 Å². The molecule has 0 aliphatic carbocycles. The number of aryl methyl sites for hydroxylation is 3. The predicted octanol–water partition coefficient (Wildman–Crippen LogP) is 4.86. The van der Waals surface area contributed by atoms with Gasteiger partial charge in [0.15, 0.2) is 0 Å². The van der Waals surface area contributed by atoms with Crippen LogP contribution < -0.4 is 10.1 Å². The number of rotatable bonds is 4. The third-order valence-electron chi connectivity index (χ3n) is 3.27. The zero-order valence-electron chi connectivity index (χ0n) is 12.2. The minimum atomic E-state index is 0.279. The monoisotopic (exact) mass is 275 g/mol. The molecule has 0 bridgehead atoms. The first kappa shape index (κ1) is 13.9. The van der Waals surface area contributed by atoms with E-state index in [4.69, 9.17) is 4.74 Å². The molecule has 102 valence electrons. The van der Waals surface area contributed by atoms with E-state index >= 15 is 0 Å². The van der Waals surface area contributed by atoms with Crippen molar-refractivity contribution in [2.24, 2.45) is 0 Å². The molecule has 1 aromatic carbocycles. The fourth-order valence-electron chi connectivity index (χ4n) is 2.31. The summed E-state index contributed by atoms with van der Waals surface area (Å²) in [7, 11) is 1.71. The summed E-state index contributed by atoms with van der Waals surface area (Å²) in [5.41, 5.74) is 3.62. The highest BCUT2D eigenvalue weighted by Gasteiger charge is 2.13. The van der Waals surface area contributed by atoms with Crippen molar-refractivity contribution in [3.05, 3.63) is 45.1 Å². The second-order valence-corrected chi connectivity index (χ2v) is 6.40. The van der Waals surface area contributed by atoms with Gasteiger partial charge in [-0.15, -0.1) is 11.3 Å². The van der Waals surface area contributed by atoms with Crippen LogP contribution in [-0.4, -0.2) is 7.11 Å². The molecule has 19 heavy (non-hydrogen) atoms. The van der Waals surface area contributed by atoms with E-state index in [0.29, 0.717) is 0 Å². The second kappa shape index (κ2) is 5.66. The molecule has 0 aliphatic heterocycles. The van der Waals surface area contributed by atoms with Gasteiger partial charge in [0.25, 0.3) is 0 Å². The highest BCUT2D eigenvalue weighted by atomic mass is 32.1. The van der Waals surface area contributed by atoms with Gasteiger partial charge < -0.3 is 10.1 Å². The fourth-order valence-corrected chi connectivity index (χ4v) is 3.33. The van der Waals surface area contributed by atoms with Gasteiger partial charge in [-0.3, -0.25) is 0 Å². The van der Waals surface area contributed by atoms with Crippen LogP contribution >= 0.6 is 11.3 Å². The summed E-state index contributed by atoms with van der Waals surface area (Å²) in [5, 5.41) is 3.54. The largest absolute Gasteiger partial charge is 0.495 e. The molecule has 1 heterocycles. The first-order chi connectivity index (χ1) is 9.01. The summed E-state index contributed by atoms with van der Waals surface area (Å²) >= 11 is 1.85. The minimum Gasteiger partial charge on any atom is -0.495 e. The summed E-state index contributed by atoms with van der Waals surface area (Å²) < 4.78 is 5.44. The molecule has 0 fully saturated rings. The van der Waals surface area contributed by atoms with Crippen LogP contribution in [0.5, 0.6) is 5.75 Å². The average molecular weight is 275 g/mol. The highest BCUT2D eigenvalue weighted by molar-refractivity contribution is 7.12. The lowest BCUT2D eigenvalue weighted by Gasteiger charge is -2.18. The summed E-state index contributed by atoms with van der Waals surface area (Å²) in [6.07, 6.45) is 0. The molecular formula is C16H21NOS. The molecule has 1 N–H and O–H groups in total. The molecule has 1 aromatic heterocycles. The number of hydrogen-bond acceptors (Lipinski definition) is 3. The molecule has 2 rings (SSSR count). The third-order valence-corrected chi connectivity index (χ3v) is 4.26. The van der Waals surface area contributed by atoms with E-state index in [1.54, 1.807) is 7.11 Å². The van der Waals surface area contributed by atoms with Crippen LogP contribution in [0.1, 0.15) is 33.8 Å². The molecule has 2 nitrogen and oxygen atoms in total. The Hall–Kier alpha value is -1.48. The van der Waals surface area contributed by atoms with E-state index in [9.17, 15) is 0 Å². The van der Waals surface area contributed by atoms with E-state index < -0.39 is 0 Å². The number of anilines is 1. The van der Waals surface area contributed by atoms with Crippen LogP contribution in [-0.2, 0) is 0 Å². The molecular weight excluding hydrogens is 254 g/mol. The van der Waals surface area contributed by atoms with Crippen molar-refractivity contribution in [1.29, 1.82) is 0 Å². The third kappa shape index (κ3) is 3.10. The molecule has 0 aliphatic rings. The maximum Gasteiger partial charge on any atom is 0.142 e. The molecule has 0 saturated heterocycles. The fraction of sp³-hybridized carbons (Fsp3) is 0.375. The van der Waals surface area contributed by atoms with Gasteiger partial charge in [-0.2, -0.15) is 0 Å². The summed E-state index contributed by atoms with van der Waals surface area (Å²) in [4.78, 5) is 2.74. The standard InChI is InChI=1S/C16H21NOS/c1-10-6-7-15(16(8-10)18-5)17-12(3)14-9-11(2)19-13(14)4/h6-9,12,17H,1-5H3. The van der Waals surface area contributed by atoms with Crippen molar-refractivity contribution >= 4 is 17.0 Å². The van der Waals surface area contributed by atoms with Gasteiger partial charge in [0, 0.05) is 15.8 Å². The van der Waals surface area contributed by atoms with Gasteiger partial charge in [-0.05, 0) is 57.0 Å². The van der Waals surface area contributed by atoms with Crippen LogP contribution in [0.25, 0.3) is 0 Å². The quantitative estimate of drug-likeness (QED) is 0.860. The van der Waals surface area contributed by atoms with Gasteiger partial charge in [0.2, 0.25) is 0 Å². The lowest BCUT2D eigenvalue weighted by atomic mass is 10.1. The van der Waals surface area contributed by atoms with Gasteiger partial charge in [0.05, 0.1) is 12.8 Å². The van der Waals surface area contributed by atoms with Gasteiger partial charge in [-0.1, -0.05) is 6.07 Å². The number of hydrogen-bond donors (Lipinski definition) is 1. The van der Waals surface area contributed by atoms with Crippen LogP contribution in [0, 0.1) is 20.8 Å². The van der Waals surface area contributed by atoms with Crippen LogP contribution in [0.4, 0.5) is 5.69 Å². The number of ether oxygens (including phenoxy) is 1. The maximum absolute atomic E-state index is 5.44. The lowest BCUT2D eigenvalue weighted by molar-refractivity contribution is 0.416. The Kier molecular flexibility index (Phi) is 4.15. The van der Waals surface area contributed by atoms with Crippen LogP contribution in [0.2, 0.25) is 0 Å². The molecule has 0 amide bonds. The van der Waals surface area contributed by atoms with Gasteiger partial charge in [-0.25, -0.2) is 0 Å². The van der Waals surface area contributed by atoms with E-state index in [1.807, 2.05) is 11.3 Å². The molecule has 0 radical (unpaired) electrons. The lowest BCUT2D eigenvalue weighted by Crippen LogP contribution is -2.07. The topological polar surface area (TPSA) is 21.3 Å². The van der Waals surface area contributed by atoms with Crippen molar-refractivity contribution in [3.63, 3.8) is 0 Å². The Morgan fingerprint density at radius 3 is 2.47 bits per heavy atom. The number of benzene rings is 1.